The summed E-state index contributed by atoms with van der Waals surface area (Å²) in [6.07, 6.45) is 3.33. The molecule has 1 aliphatic heterocycles. The van der Waals surface area contributed by atoms with Gasteiger partial charge < -0.3 is 18.9 Å². The molecule has 0 aromatic rings. The topological polar surface area (TPSA) is 74.3 Å². The number of rotatable bonds is 9. The smallest absolute Gasteiger partial charge is 0.310 e. The molecular formula is C19H33NO6. The van der Waals surface area contributed by atoms with Gasteiger partial charge in [-0.25, -0.2) is 0 Å². The Hall–Kier alpha value is -1.18. The first-order valence-electron chi connectivity index (χ1n) is 9.89. The van der Waals surface area contributed by atoms with Crippen LogP contribution in [0.1, 0.15) is 52.9 Å². The Balaban J connectivity index is 2.09. The molecule has 1 saturated heterocycles. The molecule has 0 bridgehead atoms. The molecule has 26 heavy (non-hydrogen) atoms. The highest BCUT2D eigenvalue weighted by molar-refractivity contribution is 5.73. The van der Waals surface area contributed by atoms with Crippen LogP contribution in [0, 0.1) is 5.92 Å². The van der Waals surface area contributed by atoms with E-state index in [9.17, 15) is 9.59 Å². The maximum absolute atomic E-state index is 12.6. The van der Waals surface area contributed by atoms with E-state index in [1.165, 1.54) is 0 Å². The van der Waals surface area contributed by atoms with E-state index in [0.717, 1.165) is 25.8 Å². The quantitative estimate of drug-likeness (QED) is 0.575. The van der Waals surface area contributed by atoms with Crippen LogP contribution in [0.25, 0.3) is 0 Å². The van der Waals surface area contributed by atoms with Gasteiger partial charge in [0.25, 0.3) is 0 Å². The fourth-order valence-corrected chi connectivity index (χ4v) is 4.03. The van der Waals surface area contributed by atoms with Crippen molar-refractivity contribution in [3.63, 3.8) is 0 Å². The van der Waals surface area contributed by atoms with Crippen LogP contribution < -0.4 is 0 Å². The predicted molar refractivity (Wildman–Crippen MR) is 95.5 cm³/mol. The number of carbonyl (C=O) groups is 2. The lowest BCUT2D eigenvalue weighted by Gasteiger charge is -2.44. The summed E-state index contributed by atoms with van der Waals surface area (Å²) >= 11 is 0. The summed E-state index contributed by atoms with van der Waals surface area (Å²) in [6.45, 7) is 9.02. The maximum atomic E-state index is 12.6. The zero-order chi connectivity index (χ0) is 19.0. The van der Waals surface area contributed by atoms with Gasteiger partial charge in [0.05, 0.1) is 38.8 Å². The first kappa shape index (κ1) is 21.1. The molecule has 0 aromatic heterocycles. The minimum Gasteiger partial charge on any atom is -0.466 e. The van der Waals surface area contributed by atoms with E-state index in [4.69, 9.17) is 18.9 Å². The van der Waals surface area contributed by atoms with Gasteiger partial charge in [-0.15, -0.1) is 0 Å². The fraction of sp³-hybridized carbons (Fsp3) is 0.895. The lowest BCUT2D eigenvalue weighted by molar-refractivity contribution is -0.204. The minimum absolute atomic E-state index is 0.0295. The molecule has 2 atom stereocenters. The number of hydrogen-bond donors (Lipinski definition) is 0. The van der Waals surface area contributed by atoms with E-state index in [1.807, 2.05) is 6.92 Å². The van der Waals surface area contributed by atoms with Crippen LogP contribution in [0.15, 0.2) is 0 Å². The number of carbonyl (C=O) groups excluding carboxylic acids is 2. The van der Waals surface area contributed by atoms with Crippen molar-refractivity contribution >= 4 is 11.9 Å². The molecule has 1 saturated carbocycles. The SMILES string of the molecule is CCCN(CCC(=O)OCC)[C@H]1CCC2(C[C@@H]1C(=O)OCC)OCCO2. The Morgan fingerprint density at radius 3 is 2.38 bits per heavy atom. The average Bonchev–Trinajstić information content (AvgIpc) is 3.07. The predicted octanol–water partition coefficient (Wildman–Crippen LogP) is 2.13. The summed E-state index contributed by atoms with van der Waals surface area (Å²) in [6, 6.07) is 0.0295. The van der Waals surface area contributed by atoms with Crippen LogP contribution in [0.3, 0.4) is 0 Å². The van der Waals surface area contributed by atoms with Gasteiger partial charge in [-0.1, -0.05) is 6.92 Å². The molecule has 2 rings (SSSR count). The van der Waals surface area contributed by atoms with Gasteiger partial charge in [0.1, 0.15) is 0 Å². The molecule has 0 radical (unpaired) electrons. The second-order valence-corrected chi connectivity index (χ2v) is 6.87. The van der Waals surface area contributed by atoms with Crippen molar-refractivity contribution < 1.29 is 28.5 Å². The normalized spacial score (nSPS) is 24.8. The van der Waals surface area contributed by atoms with Crippen molar-refractivity contribution in [2.24, 2.45) is 5.92 Å². The van der Waals surface area contributed by atoms with E-state index in [-0.39, 0.29) is 23.9 Å². The molecule has 2 aliphatic rings. The van der Waals surface area contributed by atoms with Crippen molar-refractivity contribution in [1.82, 2.24) is 4.90 Å². The van der Waals surface area contributed by atoms with Crippen LogP contribution in [-0.4, -0.2) is 68.2 Å². The molecule has 1 spiro atoms. The third kappa shape index (κ3) is 5.41. The van der Waals surface area contributed by atoms with E-state index >= 15 is 0 Å². The van der Waals surface area contributed by atoms with Gasteiger partial charge in [0, 0.05) is 25.4 Å². The third-order valence-corrected chi connectivity index (χ3v) is 5.11. The highest BCUT2D eigenvalue weighted by atomic mass is 16.7. The third-order valence-electron chi connectivity index (χ3n) is 5.11. The van der Waals surface area contributed by atoms with Crippen molar-refractivity contribution in [2.45, 2.75) is 64.7 Å². The highest BCUT2D eigenvalue weighted by Gasteiger charge is 2.49. The summed E-state index contributed by atoms with van der Waals surface area (Å²) in [5.41, 5.74) is 0. The fourth-order valence-electron chi connectivity index (χ4n) is 4.03. The molecule has 0 amide bonds. The number of ether oxygens (including phenoxy) is 4. The largest absolute Gasteiger partial charge is 0.466 e. The van der Waals surface area contributed by atoms with E-state index in [2.05, 4.69) is 11.8 Å². The van der Waals surface area contributed by atoms with Crippen molar-refractivity contribution in [3.05, 3.63) is 0 Å². The van der Waals surface area contributed by atoms with E-state index in [0.29, 0.717) is 45.8 Å². The first-order valence-corrected chi connectivity index (χ1v) is 9.89. The highest BCUT2D eigenvalue weighted by Crippen LogP contribution is 2.41. The molecule has 7 nitrogen and oxygen atoms in total. The summed E-state index contributed by atoms with van der Waals surface area (Å²) < 4.78 is 22.1. The average molecular weight is 371 g/mol. The Labute approximate surface area is 156 Å². The van der Waals surface area contributed by atoms with Gasteiger partial charge in [-0.2, -0.15) is 0 Å². The summed E-state index contributed by atoms with van der Waals surface area (Å²) in [7, 11) is 0. The zero-order valence-electron chi connectivity index (χ0n) is 16.3. The van der Waals surface area contributed by atoms with Crippen LogP contribution in [0.4, 0.5) is 0 Å². The van der Waals surface area contributed by atoms with Crippen LogP contribution in [0.5, 0.6) is 0 Å². The summed E-state index contributed by atoms with van der Waals surface area (Å²) in [4.78, 5) is 26.7. The molecule has 2 fully saturated rings. The van der Waals surface area contributed by atoms with Gasteiger partial charge in [-0.05, 0) is 33.2 Å². The Morgan fingerprint density at radius 1 is 1.08 bits per heavy atom. The Bertz CT molecular complexity index is 463. The number of nitrogens with zero attached hydrogens (tertiary/aromatic N) is 1. The van der Waals surface area contributed by atoms with Crippen LogP contribution in [0.2, 0.25) is 0 Å². The summed E-state index contributed by atoms with van der Waals surface area (Å²) in [5, 5.41) is 0. The molecule has 0 unspecified atom stereocenters. The molecule has 0 aromatic carbocycles. The second-order valence-electron chi connectivity index (χ2n) is 6.87. The van der Waals surface area contributed by atoms with Gasteiger partial charge in [0.15, 0.2) is 5.79 Å². The van der Waals surface area contributed by atoms with E-state index < -0.39 is 5.79 Å². The van der Waals surface area contributed by atoms with Crippen molar-refractivity contribution in [3.8, 4) is 0 Å². The van der Waals surface area contributed by atoms with Gasteiger partial charge in [-0.3, -0.25) is 14.5 Å². The number of hydrogen-bond acceptors (Lipinski definition) is 7. The van der Waals surface area contributed by atoms with Gasteiger partial charge >= 0.3 is 11.9 Å². The van der Waals surface area contributed by atoms with Crippen LogP contribution in [-0.2, 0) is 28.5 Å². The Kier molecular flexibility index (Phi) is 8.31. The molecule has 1 heterocycles. The molecular weight excluding hydrogens is 338 g/mol. The standard InChI is InChI=1S/C19H33NO6/c1-4-10-20(11-8-17(21)23-5-2)16-7-9-19(25-12-13-26-19)14-15(16)18(22)24-6-3/h15-16H,4-14H2,1-3H3/t15-,16-/m0/s1. The minimum atomic E-state index is -0.646. The van der Waals surface area contributed by atoms with Gasteiger partial charge in [0.2, 0.25) is 0 Å². The lowest BCUT2D eigenvalue weighted by Crippen LogP contribution is -2.53. The Morgan fingerprint density at radius 2 is 1.77 bits per heavy atom. The molecule has 1 aliphatic carbocycles. The van der Waals surface area contributed by atoms with Crippen LogP contribution >= 0.6 is 0 Å². The zero-order valence-corrected chi connectivity index (χ0v) is 16.3. The second kappa shape index (κ2) is 10.2. The molecule has 7 heteroatoms. The van der Waals surface area contributed by atoms with E-state index in [1.54, 1.807) is 6.92 Å². The lowest BCUT2D eigenvalue weighted by atomic mass is 9.79. The first-order chi connectivity index (χ1) is 12.5. The van der Waals surface area contributed by atoms with Crippen molar-refractivity contribution in [2.75, 3.05) is 39.5 Å². The summed E-state index contributed by atoms with van der Waals surface area (Å²) in [5.74, 6) is -1.35. The van der Waals surface area contributed by atoms with Crippen molar-refractivity contribution in [1.29, 1.82) is 0 Å². The monoisotopic (exact) mass is 371 g/mol. The molecule has 150 valence electrons. The maximum Gasteiger partial charge on any atom is 0.310 e. The number of esters is 2. The molecule has 0 N–H and O–H groups in total.